The summed E-state index contributed by atoms with van der Waals surface area (Å²) in [7, 11) is 0. The van der Waals surface area contributed by atoms with Crippen molar-refractivity contribution in [3.63, 3.8) is 0 Å². The van der Waals surface area contributed by atoms with Crippen molar-refractivity contribution < 1.29 is 14.3 Å². The molecule has 148 valence electrons. The summed E-state index contributed by atoms with van der Waals surface area (Å²) in [4.78, 5) is 12.8. The number of nitrogens with one attached hydrogen (secondary N) is 2. The number of anilines is 2. The maximum absolute atomic E-state index is 12.8. The third kappa shape index (κ3) is 4.48. The standard InChI is InChI=1S/C24H24N2O3/c27-24(26-20-9-10-21-23(14-20)28-12-11-25-21)19-8-7-18(6-5-16-1-2-16)22(13-19)29-15-17-3-4-17/h7-10,13-14,16-17,25H,1-4,11-12,15H2,(H,26,27). The van der Waals surface area contributed by atoms with Crippen molar-refractivity contribution in [1.29, 1.82) is 0 Å². The van der Waals surface area contributed by atoms with Crippen LogP contribution in [0, 0.1) is 23.7 Å². The summed E-state index contributed by atoms with van der Waals surface area (Å²) in [5.41, 5.74) is 3.07. The molecule has 3 aliphatic rings. The fourth-order valence-electron chi connectivity index (χ4n) is 3.20. The summed E-state index contributed by atoms with van der Waals surface area (Å²) in [6.45, 7) is 2.10. The molecule has 2 aliphatic carbocycles. The largest absolute Gasteiger partial charge is 0.492 e. The van der Waals surface area contributed by atoms with Crippen molar-refractivity contribution >= 4 is 17.3 Å². The van der Waals surface area contributed by atoms with Crippen LogP contribution in [0.2, 0.25) is 0 Å². The fourth-order valence-corrected chi connectivity index (χ4v) is 3.20. The van der Waals surface area contributed by atoms with Gasteiger partial charge in [0.1, 0.15) is 18.1 Å². The lowest BCUT2D eigenvalue weighted by Gasteiger charge is -2.19. The number of rotatable bonds is 5. The second-order valence-corrected chi connectivity index (χ2v) is 7.95. The van der Waals surface area contributed by atoms with E-state index >= 15 is 0 Å². The van der Waals surface area contributed by atoms with Crippen molar-refractivity contribution in [3.8, 4) is 23.3 Å². The van der Waals surface area contributed by atoms with Gasteiger partial charge in [0.2, 0.25) is 0 Å². The van der Waals surface area contributed by atoms with Crippen molar-refractivity contribution in [1.82, 2.24) is 0 Å². The molecule has 0 atom stereocenters. The maximum Gasteiger partial charge on any atom is 0.255 e. The molecule has 0 spiro atoms. The average molecular weight is 388 g/mol. The van der Waals surface area contributed by atoms with Gasteiger partial charge in [0.15, 0.2) is 0 Å². The van der Waals surface area contributed by atoms with E-state index in [1.54, 1.807) is 0 Å². The highest BCUT2D eigenvalue weighted by Gasteiger charge is 2.23. The van der Waals surface area contributed by atoms with Crippen molar-refractivity contribution in [2.45, 2.75) is 25.7 Å². The van der Waals surface area contributed by atoms with Gasteiger partial charge in [-0.1, -0.05) is 11.8 Å². The quantitative estimate of drug-likeness (QED) is 0.750. The zero-order chi connectivity index (χ0) is 19.6. The SMILES string of the molecule is O=C(Nc1ccc2c(c1)OCCN2)c1ccc(C#CC2CC2)c(OCC2CC2)c1. The molecular formula is C24H24N2O3. The molecule has 2 fully saturated rings. The van der Waals surface area contributed by atoms with Gasteiger partial charge < -0.3 is 20.1 Å². The van der Waals surface area contributed by atoms with Crippen LogP contribution >= 0.6 is 0 Å². The summed E-state index contributed by atoms with van der Waals surface area (Å²) in [6.07, 6.45) is 4.81. The van der Waals surface area contributed by atoms with Crippen molar-refractivity contribution in [2.75, 3.05) is 30.4 Å². The van der Waals surface area contributed by atoms with E-state index in [-0.39, 0.29) is 5.91 Å². The van der Waals surface area contributed by atoms with Gasteiger partial charge in [-0.15, -0.1) is 0 Å². The molecule has 2 aromatic rings. The van der Waals surface area contributed by atoms with Crippen LogP contribution in [0.15, 0.2) is 36.4 Å². The molecule has 5 nitrogen and oxygen atoms in total. The Balaban J connectivity index is 1.34. The number of carbonyl (C=O) groups excluding carboxylic acids is 1. The van der Waals surface area contributed by atoms with Gasteiger partial charge in [-0.2, -0.15) is 0 Å². The number of amides is 1. The molecule has 0 bridgehead atoms. The van der Waals surface area contributed by atoms with Gasteiger partial charge in [-0.25, -0.2) is 0 Å². The molecule has 2 saturated carbocycles. The van der Waals surface area contributed by atoms with E-state index in [1.165, 1.54) is 25.7 Å². The van der Waals surface area contributed by atoms with Gasteiger partial charge >= 0.3 is 0 Å². The van der Waals surface area contributed by atoms with E-state index in [1.807, 2.05) is 36.4 Å². The lowest BCUT2D eigenvalue weighted by atomic mass is 10.1. The summed E-state index contributed by atoms with van der Waals surface area (Å²) in [5.74, 6) is 8.97. The van der Waals surface area contributed by atoms with Gasteiger partial charge in [0.05, 0.1) is 17.9 Å². The highest BCUT2D eigenvalue weighted by molar-refractivity contribution is 6.04. The Morgan fingerprint density at radius 1 is 1.17 bits per heavy atom. The van der Waals surface area contributed by atoms with E-state index in [2.05, 4.69) is 22.5 Å². The van der Waals surface area contributed by atoms with Crippen LogP contribution < -0.4 is 20.1 Å². The Hall–Kier alpha value is -3.13. The minimum absolute atomic E-state index is 0.174. The predicted octanol–water partition coefficient (Wildman–Crippen LogP) is 4.29. The van der Waals surface area contributed by atoms with Crippen molar-refractivity contribution in [2.24, 2.45) is 11.8 Å². The molecule has 29 heavy (non-hydrogen) atoms. The first kappa shape index (κ1) is 17.9. The molecule has 0 unspecified atom stereocenters. The van der Waals surface area contributed by atoms with Crippen LogP contribution in [0.5, 0.6) is 11.5 Å². The summed E-state index contributed by atoms with van der Waals surface area (Å²) >= 11 is 0. The van der Waals surface area contributed by atoms with E-state index in [0.717, 1.165) is 23.5 Å². The number of hydrogen-bond acceptors (Lipinski definition) is 4. The first-order chi connectivity index (χ1) is 14.2. The van der Waals surface area contributed by atoms with Crippen molar-refractivity contribution in [3.05, 3.63) is 47.5 Å². The number of fused-ring (bicyclic) bond motifs is 1. The van der Waals surface area contributed by atoms with E-state index < -0.39 is 0 Å². The number of ether oxygens (including phenoxy) is 2. The molecule has 2 aromatic carbocycles. The van der Waals surface area contributed by atoms with E-state index in [4.69, 9.17) is 9.47 Å². The summed E-state index contributed by atoms with van der Waals surface area (Å²) in [6, 6.07) is 11.2. The van der Waals surface area contributed by atoms with Crippen LogP contribution in [0.3, 0.4) is 0 Å². The number of hydrogen-bond donors (Lipinski definition) is 2. The maximum atomic E-state index is 12.8. The highest BCUT2D eigenvalue weighted by atomic mass is 16.5. The summed E-state index contributed by atoms with van der Waals surface area (Å²) < 4.78 is 11.7. The molecule has 1 heterocycles. The highest BCUT2D eigenvalue weighted by Crippen LogP contribution is 2.32. The molecule has 2 N–H and O–H groups in total. The molecular weight excluding hydrogens is 364 g/mol. The Kier molecular flexibility index (Phi) is 4.77. The van der Waals surface area contributed by atoms with Crippen LogP contribution in [0.1, 0.15) is 41.6 Å². The van der Waals surface area contributed by atoms with Crippen LogP contribution in [0.4, 0.5) is 11.4 Å². The molecule has 1 aliphatic heterocycles. The Morgan fingerprint density at radius 2 is 2.07 bits per heavy atom. The Bertz CT molecular complexity index is 997. The molecule has 5 rings (SSSR count). The second-order valence-electron chi connectivity index (χ2n) is 7.95. The second kappa shape index (κ2) is 7.71. The topological polar surface area (TPSA) is 59.6 Å². The van der Waals surface area contributed by atoms with E-state index in [9.17, 15) is 4.79 Å². The van der Waals surface area contributed by atoms with Gasteiger partial charge in [0, 0.05) is 29.8 Å². The minimum Gasteiger partial charge on any atom is -0.492 e. The van der Waals surface area contributed by atoms with Crippen LogP contribution in [-0.2, 0) is 0 Å². The zero-order valence-electron chi connectivity index (χ0n) is 16.3. The molecule has 5 heteroatoms. The fraction of sp³-hybridized carbons (Fsp3) is 0.375. The van der Waals surface area contributed by atoms with Crippen LogP contribution in [0.25, 0.3) is 0 Å². The lowest BCUT2D eigenvalue weighted by molar-refractivity contribution is 0.102. The molecule has 0 radical (unpaired) electrons. The minimum atomic E-state index is -0.174. The molecule has 0 aromatic heterocycles. The number of benzene rings is 2. The third-order valence-electron chi connectivity index (χ3n) is 5.32. The Labute approximate surface area is 170 Å². The van der Waals surface area contributed by atoms with Gasteiger partial charge in [-0.05, 0) is 61.9 Å². The normalized spacial score (nSPS) is 17.1. The molecule has 1 amide bonds. The number of carbonyl (C=O) groups is 1. The zero-order valence-corrected chi connectivity index (χ0v) is 16.3. The average Bonchev–Trinajstić information content (AvgIpc) is 3.66. The smallest absolute Gasteiger partial charge is 0.255 e. The Morgan fingerprint density at radius 3 is 2.90 bits per heavy atom. The lowest BCUT2D eigenvalue weighted by Crippen LogP contribution is -2.18. The third-order valence-corrected chi connectivity index (χ3v) is 5.32. The first-order valence-corrected chi connectivity index (χ1v) is 10.3. The van der Waals surface area contributed by atoms with Gasteiger partial charge in [-0.3, -0.25) is 4.79 Å². The summed E-state index contributed by atoms with van der Waals surface area (Å²) in [5, 5.41) is 6.23. The van der Waals surface area contributed by atoms with Crippen LogP contribution in [-0.4, -0.2) is 25.7 Å². The van der Waals surface area contributed by atoms with E-state index in [0.29, 0.717) is 42.0 Å². The van der Waals surface area contributed by atoms with Gasteiger partial charge in [0.25, 0.3) is 5.91 Å². The monoisotopic (exact) mass is 388 g/mol. The first-order valence-electron chi connectivity index (χ1n) is 10.3. The molecule has 0 saturated heterocycles. The predicted molar refractivity (Wildman–Crippen MR) is 113 cm³/mol.